The number of hydrogen-bond acceptors (Lipinski definition) is 2. The van der Waals surface area contributed by atoms with Gasteiger partial charge in [-0.1, -0.05) is 0 Å². The number of rotatable bonds is 2. The molecular formula is C2BrF2O2. The molecule has 2 nitrogen and oxygen atoms in total. The second kappa shape index (κ2) is 2.20. The molecule has 0 aromatic heterocycles. The summed E-state index contributed by atoms with van der Waals surface area (Å²) in [5.41, 5.74) is 0. The van der Waals surface area contributed by atoms with Gasteiger partial charge in [0.05, 0.1) is 0 Å². The van der Waals surface area contributed by atoms with E-state index in [-0.39, 0.29) is 0 Å². The molecule has 0 atom stereocenters. The summed E-state index contributed by atoms with van der Waals surface area (Å²) in [6, 6.07) is 0. The van der Waals surface area contributed by atoms with Crippen molar-refractivity contribution in [1.82, 2.24) is 0 Å². The third-order valence-electron chi connectivity index (χ3n) is 0.157. The van der Waals surface area contributed by atoms with E-state index in [1.54, 1.807) is 15.9 Å². The Kier molecular flexibility index (Phi) is 2.14. The van der Waals surface area contributed by atoms with Crippen LogP contribution in [0.3, 0.4) is 0 Å². The topological polar surface area (TPSA) is 26.3 Å². The van der Waals surface area contributed by atoms with Crippen molar-refractivity contribution in [3.8, 4) is 0 Å². The Hall–Kier alpha value is -0.190. The Balaban J connectivity index is 3.34. The van der Waals surface area contributed by atoms with Crippen LogP contribution in [0.5, 0.6) is 0 Å². The molecule has 0 bridgehead atoms. The van der Waals surface area contributed by atoms with E-state index in [1.807, 2.05) is 0 Å². The van der Waals surface area contributed by atoms with Crippen LogP contribution in [0.2, 0.25) is 0 Å². The first-order chi connectivity index (χ1) is 3.06. The van der Waals surface area contributed by atoms with Gasteiger partial charge in [0, 0.05) is 15.9 Å². The molecule has 41 valence electrons. The Morgan fingerprint density at radius 1 is 1.71 bits per heavy atom. The number of hydrogen-bond donors (Lipinski definition) is 0. The third-order valence-corrected chi connectivity index (χ3v) is 0.319. The van der Waals surface area contributed by atoms with E-state index in [1.165, 1.54) is 0 Å². The Morgan fingerprint density at radius 2 is 2.14 bits per heavy atom. The highest BCUT2D eigenvalue weighted by Gasteiger charge is 2.25. The summed E-state index contributed by atoms with van der Waals surface area (Å²) in [4.78, 5) is 8.96. The van der Waals surface area contributed by atoms with Crippen LogP contribution in [0.15, 0.2) is 0 Å². The van der Waals surface area contributed by atoms with Crippen molar-refractivity contribution >= 4 is 22.4 Å². The van der Waals surface area contributed by atoms with Crippen molar-refractivity contribution in [1.29, 1.82) is 0 Å². The van der Waals surface area contributed by atoms with Crippen LogP contribution in [-0.4, -0.2) is 11.5 Å². The Labute approximate surface area is 46.6 Å². The lowest BCUT2D eigenvalue weighted by Crippen LogP contribution is -2.08. The molecule has 0 spiro atoms. The van der Waals surface area contributed by atoms with E-state index in [2.05, 4.69) is 4.74 Å². The maximum absolute atomic E-state index is 11.2. The minimum absolute atomic E-state index is 0.561. The zero-order valence-corrected chi connectivity index (χ0v) is 4.54. The van der Waals surface area contributed by atoms with E-state index in [0.717, 1.165) is 0 Å². The van der Waals surface area contributed by atoms with E-state index >= 15 is 0 Å². The van der Waals surface area contributed by atoms with Crippen molar-refractivity contribution in [2.75, 3.05) is 0 Å². The molecule has 0 aliphatic heterocycles. The summed E-state index contributed by atoms with van der Waals surface area (Å²) in [6.45, 7) is 0.561. The van der Waals surface area contributed by atoms with Gasteiger partial charge in [-0.05, 0) is 0 Å². The van der Waals surface area contributed by atoms with Crippen LogP contribution in [0.4, 0.5) is 8.78 Å². The van der Waals surface area contributed by atoms with Gasteiger partial charge < -0.3 is 4.74 Å². The van der Waals surface area contributed by atoms with Gasteiger partial charge in [0.2, 0.25) is 0 Å². The largest absolute Gasteiger partial charge is 0.461 e. The second-order valence-corrected chi connectivity index (χ2v) is 1.55. The fourth-order valence-electron chi connectivity index (χ4n) is 0.0472. The minimum Gasteiger partial charge on any atom is -0.383 e. The van der Waals surface area contributed by atoms with Crippen molar-refractivity contribution < 1.29 is 18.3 Å². The van der Waals surface area contributed by atoms with Gasteiger partial charge >= 0.3 is 11.5 Å². The summed E-state index contributed by atoms with van der Waals surface area (Å²) < 4.78 is 25.3. The van der Waals surface area contributed by atoms with Gasteiger partial charge in [0.15, 0.2) is 0 Å². The van der Waals surface area contributed by atoms with Crippen LogP contribution < -0.4 is 0 Å². The molecule has 0 saturated heterocycles. The van der Waals surface area contributed by atoms with Gasteiger partial charge in [0.25, 0.3) is 0 Å². The Bertz CT molecular complexity index is 68.6. The van der Waals surface area contributed by atoms with Crippen LogP contribution in [-0.2, 0) is 9.53 Å². The van der Waals surface area contributed by atoms with Gasteiger partial charge in [0.1, 0.15) is 0 Å². The molecule has 0 saturated carbocycles. The third kappa shape index (κ3) is 5.81. The number of alkyl halides is 3. The van der Waals surface area contributed by atoms with Crippen molar-refractivity contribution in [2.45, 2.75) is 5.02 Å². The van der Waals surface area contributed by atoms with Gasteiger partial charge in [-0.25, -0.2) is 4.79 Å². The number of carbonyl (C=O) groups excluding carboxylic acids is 1. The first-order valence-corrected chi connectivity index (χ1v) is 1.97. The molecule has 0 aliphatic carbocycles. The summed E-state index contributed by atoms with van der Waals surface area (Å²) in [5, 5.41) is -3.56. The summed E-state index contributed by atoms with van der Waals surface area (Å²) in [5.74, 6) is 0. The normalized spacial score (nSPS) is 10.7. The van der Waals surface area contributed by atoms with Crippen molar-refractivity contribution in [3.05, 3.63) is 0 Å². The SMILES string of the molecule is O=[C]OC(F)(F)Br. The molecule has 0 fully saturated rings. The minimum atomic E-state index is -3.56. The van der Waals surface area contributed by atoms with E-state index in [4.69, 9.17) is 4.79 Å². The quantitative estimate of drug-likeness (QED) is 0.584. The van der Waals surface area contributed by atoms with Gasteiger partial charge in [-0.2, -0.15) is 8.78 Å². The zero-order chi connectivity index (χ0) is 5.91. The van der Waals surface area contributed by atoms with E-state index in [0.29, 0.717) is 6.47 Å². The highest BCUT2D eigenvalue weighted by Crippen LogP contribution is 2.20. The van der Waals surface area contributed by atoms with Crippen LogP contribution in [0.25, 0.3) is 0 Å². The molecule has 1 radical (unpaired) electrons. The predicted molar refractivity (Wildman–Crippen MR) is 20.7 cm³/mol. The van der Waals surface area contributed by atoms with Gasteiger partial charge in [-0.3, -0.25) is 0 Å². The average molecular weight is 174 g/mol. The molecule has 0 aliphatic rings. The van der Waals surface area contributed by atoms with Crippen LogP contribution in [0, 0.1) is 0 Å². The first-order valence-electron chi connectivity index (χ1n) is 1.18. The summed E-state index contributed by atoms with van der Waals surface area (Å²) >= 11 is 1.72. The molecule has 0 rings (SSSR count). The Morgan fingerprint density at radius 3 is 2.14 bits per heavy atom. The molecule has 7 heavy (non-hydrogen) atoms. The fraction of sp³-hybridized carbons (Fsp3) is 0.500. The maximum atomic E-state index is 11.2. The highest BCUT2D eigenvalue weighted by molar-refractivity contribution is 9.09. The molecule has 0 aromatic carbocycles. The van der Waals surface area contributed by atoms with E-state index in [9.17, 15) is 8.78 Å². The molecule has 0 aromatic rings. The van der Waals surface area contributed by atoms with Crippen molar-refractivity contribution in [3.63, 3.8) is 0 Å². The highest BCUT2D eigenvalue weighted by atomic mass is 79.9. The number of ether oxygens (including phenoxy) is 1. The lowest BCUT2D eigenvalue weighted by Gasteiger charge is -1.99. The first kappa shape index (κ1) is 6.81. The van der Waals surface area contributed by atoms with Gasteiger partial charge in [-0.15, -0.1) is 0 Å². The second-order valence-electron chi connectivity index (χ2n) is 0.631. The summed E-state index contributed by atoms with van der Waals surface area (Å²) in [7, 11) is 0. The predicted octanol–water partition coefficient (Wildman–Crippen LogP) is 1.02. The monoisotopic (exact) mass is 173 g/mol. The average Bonchev–Trinajstić information content (AvgIpc) is 1.30. The van der Waals surface area contributed by atoms with Crippen LogP contribution in [0.1, 0.15) is 0 Å². The fourth-order valence-corrected chi connectivity index (χ4v) is 0.113. The van der Waals surface area contributed by atoms with Crippen LogP contribution >= 0.6 is 15.9 Å². The van der Waals surface area contributed by atoms with E-state index < -0.39 is 5.02 Å². The smallest absolute Gasteiger partial charge is 0.383 e. The molecule has 5 heteroatoms. The van der Waals surface area contributed by atoms with Crippen molar-refractivity contribution in [2.24, 2.45) is 0 Å². The lowest BCUT2D eigenvalue weighted by atomic mass is 11.4. The molecular weight excluding hydrogens is 174 g/mol. The lowest BCUT2D eigenvalue weighted by molar-refractivity contribution is -0.0916. The molecule has 0 amide bonds. The summed E-state index contributed by atoms with van der Waals surface area (Å²) in [6.07, 6.45) is 0. The molecule has 0 N–H and O–H groups in total. The zero-order valence-electron chi connectivity index (χ0n) is 2.95. The molecule has 0 heterocycles. The number of halogens is 3. The maximum Gasteiger partial charge on any atom is 0.461 e. The standard InChI is InChI=1S/C2BrF2O2/c3-2(4,5)7-1-6. The molecule has 0 unspecified atom stereocenters.